The van der Waals surface area contributed by atoms with E-state index in [1.807, 2.05) is 13.0 Å². The number of nitrogen functional groups attached to an aromatic ring is 1. The molecule has 3 N–H and O–H groups in total. The molecule has 88 valence electrons. The minimum atomic E-state index is 0.296. The predicted molar refractivity (Wildman–Crippen MR) is 65.4 cm³/mol. The van der Waals surface area contributed by atoms with E-state index in [1.165, 1.54) is 6.42 Å². The fraction of sp³-hybridized carbons (Fsp3) is 0.583. The lowest BCUT2D eigenvalue weighted by molar-refractivity contribution is 0.101. The van der Waals surface area contributed by atoms with E-state index in [2.05, 4.69) is 10.3 Å². The minimum Gasteiger partial charge on any atom is -0.398 e. The summed E-state index contributed by atoms with van der Waals surface area (Å²) < 4.78 is 5.43. The van der Waals surface area contributed by atoms with Gasteiger partial charge in [-0.15, -0.1) is 0 Å². The second-order valence-corrected chi connectivity index (χ2v) is 4.38. The van der Waals surface area contributed by atoms with Gasteiger partial charge in [-0.05, 0) is 31.7 Å². The van der Waals surface area contributed by atoms with Crippen LogP contribution in [0.4, 0.5) is 11.5 Å². The number of ether oxygens (including phenoxy) is 1. The largest absolute Gasteiger partial charge is 0.398 e. The Morgan fingerprint density at radius 1 is 1.50 bits per heavy atom. The van der Waals surface area contributed by atoms with Gasteiger partial charge in [0.15, 0.2) is 0 Å². The van der Waals surface area contributed by atoms with Crippen molar-refractivity contribution in [3.05, 3.63) is 17.8 Å². The number of nitrogens with zero attached hydrogens (tertiary/aromatic N) is 1. The van der Waals surface area contributed by atoms with E-state index in [-0.39, 0.29) is 0 Å². The maximum absolute atomic E-state index is 5.85. The Kier molecular flexibility index (Phi) is 3.29. The molecule has 1 fully saturated rings. The lowest BCUT2D eigenvalue weighted by atomic mass is 10.2. The van der Waals surface area contributed by atoms with E-state index in [1.54, 1.807) is 13.3 Å². The van der Waals surface area contributed by atoms with Crippen molar-refractivity contribution in [2.45, 2.75) is 38.3 Å². The number of nitrogens with two attached hydrogens (primary N) is 1. The quantitative estimate of drug-likeness (QED) is 0.819. The number of hydrogen-bond donors (Lipinski definition) is 2. The Morgan fingerprint density at radius 2 is 2.31 bits per heavy atom. The summed E-state index contributed by atoms with van der Waals surface area (Å²) >= 11 is 0. The van der Waals surface area contributed by atoms with E-state index in [0.717, 1.165) is 29.9 Å². The number of rotatable bonds is 3. The highest BCUT2D eigenvalue weighted by Crippen LogP contribution is 2.25. The van der Waals surface area contributed by atoms with Crippen LogP contribution in [-0.2, 0) is 4.74 Å². The minimum absolute atomic E-state index is 0.296. The number of methoxy groups -OCH3 is 1. The maximum atomic E-state index is 5.85. The summed E-state index contributed by atoms with van der Waals surface area (Å²) in [7, 11) is 1.77. The number of hydrogen-bond acceptors (Lipinski definition) is 4. The molecule has 4 heteroatoms. The third-order valence-corrected chi connectivity index (χ3v) is 3.23. The van der Waals surface area contributed by atoms with Crippen LogP contribution in [0.25, 0.3) is 0 Å². The van der Waals surface area contributed by atoms with Crippen molar-refractivity contribution in [2.24, 2.45) is 0 Å². The lowest BCUT2D eigenvalue weighted by Crippen LogP contribution is -2.30. The molecule has 1 aliphatic carbocycles. The van der Waals surface area contributed by atoms with Crippen LogP contribution in [0.3, 0.4) is 0 Å². The van der Waals surface area contributed by atoms with Crippen molar-refractivity contribution < 1.29 is 4.74 Å². The average Bonchev–Trinajstić information content (AvgIpc) is 2.71. The summed E-state index contributed by atoms with van der Waals surface area (Å²) in [5.74, 6) is 0.844. The Labute approximate surface area is 96.2 Å². The molecule has 2 unspecified atom stereocenters. The van der Waals surface area contributed by atoms with Crippen molar-refractivity contribution in [1.82, 2.24) is 4.98 Å². The zero-order valence-corrected chi connectivity index (χ0v) is 9.86. The predicted octanol–water partition coefficient (Wildman–Crippen LogP) is 1.95. The molecule has 1 aromatic heterocycles. The Balaban J connectivity index is 2.05. The van der Waals surface area contributed by atoms with Crippen molar-refractivity contribution >= 4 is 11.5 Å². The molecule has 0 radical (unpaired) electrons. The van der Waals surface area contributed by atoms with Crippen LogP contribution in [0.5, 0.6) is 0 Å². The molecule has 1 aliphatic rings. The zero-order valence-electron chi connectivity index (χ0n) is 9.86. The summed E-state index contributed by atoms with van der Waals surface area (Å²) in [6.07, 6.45) is 5.56. The van der Waals surface area contributed by atoms with Gasteiger partial charge in [0.25, 0.3) is 0 Å². The topological polar surface area (TPSA) is 60.2 Å². The van der Waals surface area contributed by atoms with Gasteiger partial charge in [-0.2, -0.15) is 0 Å². The van der Waals surface area contributed by atoms with E-state index < -0.39 is 0 Å². The first-order valence-corrected chi connectivity index (χ1v) is 5.72. The molecule has 1 saturated carbocycles. The normalized spacial score (nSPS) is 24.6. The number of aromatic nitrogens is 1. The number of aryl methyl sites for hydroxylation is 1. The van der Waals surface area contributed by atoms with Gasteiger partial charge in [-0.25, -0.2) is 4.98 Å². The molecular weight excluding hydrogens is 202 g/mol. The molecule has 2 atom stereocenters. The molecule has 0 bridgehead atoms. The first-order valence-electron chi connectivity index (χ1n) is 5.72. The average molecular weight is 221 g/mol. The third-order valence-electron chi connectivity index (χ3n) is 3.23. The highest BCUT2D eigenvalue weighted by molar-refractivity contribution is 5.53. The first kappa shape index (κ1) is 11.2. The first-order chi connectivity index (χ1) is 7.70. The van der Waals surface area contributed by atoms with Crippen LogP contribution in [0.15, 0.2) is 12.3 Å². The van der Waals surface area contributed by atoms with Crippen LogP contribution in [0.1, 0.15) is 24.8 Å². The molecule has 0 amide bonds. The van der Waals surface area contributed by atoms with Gasteiger partial charge in [0.1, 0.15) is 5.82 Å². The molecule has 0 saturated heterocycles. The SMILES string of the molecule is COC1CCCC1Nc1cc(N)c(C)cn1. The van der Waals surface area contributed by atoms with E-state index in [4.69, 9.17) is 10.5 Å². The van der Waals surface area contributed by atoms with Crippen LogP contribution >= 0.6 is 0 Å². The summed E-state index contributed by atoms with van der Waals surface area (Å²) in [6, 6.07) is 2.25. The Hall–Kier alpha value is -1.29. The van der Waals surface area contributed by atoms with E-state index in [9.17, 15) is 0 Å². The van der Waals surface area contributed by atoms with Gasteiger partial charge in [0.05, 0.1) is 12.1 Å². The maximum Gasteiger partial charge on any atom is 0.128 e. The molecule has 0 aromatic carbocycles. The molecule has 0 spiro atoms. The van der Waals surface area contributed by atoms with Crippen LogP contribution < -0.4 is 11.1 Å². The molecular formula is C12H19N3O. The van der Waals surface area contributed by atoms with E-state index >= 15 is 0 Å². The third kappa shape index (κ3) is 2.27. The van der Waals surface area contributed by atoms with Crippen LogP contribution in [0, 0.1) is 6.92 Å². The summed E-state index contributed by atoms with van der Waals surface area (Å²) in [5, 5.41) is 3.39. The summed E-state index contributed by atoms with van der Waals surface area (Å²) in [5.41, 5.74) is 7.65. The van der Waals surface area contributed by atoms with Gasteiger partial charge in [-0.3, -0.25) is 0 Å². The van der Waals surface area contributed by atoms with E-state index in [0.29, 0.717) is 12.1 Å². The monoisotopic (exact) mass is 221 g/mol. The van der Waals surface area contributed by atoms with Gasteiger partial charge >= 0.3 is 0 Å². The Morgan fingerprint density at radius 3 is 3.00 bits per heavy atom. The van der Waals surface area contributed by atoms with Crippen molar-refractivity contribution in [3.63, 3.8) is 0 Å². The summed E-state index contributed by atoms with van der Waals surface area (Å²) in [4.78, 5) is 4.32. The molecule has 4 nitrogen and oxygen atoms in total. The second-order valence-electron chi connectivity index (χ2n) is 4.38. The highest BCUT2D eigenvalue weighted by atomic mass is 16.5. The second kappa shape index (κ2) is 4.70. The van der Waals surface area contributed by atoms with Gasteiger partial charge in [0.2, 0.25) is 0 Å². The standard InChI is InChI=1S/C12H19N3O/c1-8-7-14-12(6-9(8)13)15-10-4-3-5-11(10)16-2/h6-7,10-11H,3-5H2,1-2H3,(H3,13,14,15). The highest BCUT2D eigenvalue weighted by Gasteiger charge is 2.27. The molecule has 16 heavy (non-hydrogen) atoms. The number of anilines is 2. The van der Waals surface area contributed by atoms with Crippen molar-refractivity contribution in [2.75, 3.05) is 18.2 Å². The number of pyridine rings is 1. The smallest absolute Gasteiger partial charge is 0.128 e. The fourth-order valence-corrected chi connectivity index (χ4v) is 2.18. The fourth-order valence-electron chi connectivity index (χ4n) is 2.18. The van der Waals surface area contributed by atoms with Gasteiger partial charge < -0.3 is 15.8 Å². The van der Waals surface area contributed by atoms with Gasteiger partial charge in [0, 0.05) is 25.1 Å². The van der Waals surface area contributed by atoms with Crippen molar-refractivity contribution in [1.29, 1.82) is 0 Å². The molecule has 0 aliphatic heterocycles. The lowest BCUT2D eigenvalue weighted by Gasteiger charge is -2.20. The molecule has 1 heterocycles. The Bertz CT molecular complexity index is 367. The van der Waals surface area contributed by atoms with Crippen LogP contribution in [-0.4, -0.2) is 24.2 Å². The van der Waals surface area contributed by atoms with Gasteiger partial charge in [-0.1, -0.05) is 0 Å². The zero-order chi connectivity index (χ0) is 11.5. The van der Waals surface area contributed by atoms with Crippen molar-refractivity contribution in [3.8, 4) is 0 Å². The number of nitrogens with one attached hydrogen (secondary N) is 1. The summed E-state index contributed by atoms with van der Waals surface area (Å²) in [6.45, 7) is 1.96. The molecule has 2 rings (SSSR count). The van der Waals surface area contributed by atoms with Crippen LogP contribution in [0.2, 0.25) is 0 Å². The molecule has 1 aromatic rings.